The lowest BCUT2D eigenvalue weighted by Gasteiger charge is -2.07. The van der Waals surface area contributed by atoms with Gasteiger partial charge in [0.05, 0.1) is 5.75 Å². The van der Waals surface area contributed by atoms with Crippen LogP contribution in [0.15, 0.2) is 59.6 Å². The smallest absolute Gasteiger partial charge is 0.234 e. The van der Waals surface area contributed by atoms with E-state index in [-0.39, 0.29) is 18.5 Å². The summed E-state index contributed by atoms with van der Waals surface area (Å²) in [6.07, 6.45) is 0. The first-order chi connectivity index (χ1) is 14.2. The van der Waals surface area contributed by atoms with Gasteiger partial charge in [0.15, 0.2) is 11.5 Å². The Morgan fingerprint density at radius 3 is 2.66 bits per heavy atom. The number of anilines is 2. The van der Waals surface area contributed by atoms with Crippen molar-refractivity contribution in [1.29, 1.82) is 0 Å². The van der Waals surface area contributed by atoms with Gasteiger partial charge in [0.25, 0.3) is 0 Å². The summed E-state index contributed by atoms with van der Waals surface area (Å²) in [4.78, 5) is 12.0. The van der Waals surface area contributed by atoms with Crippen molar-refractivity contribution in [1.82, 2.24) is 10.2 Å². The molecule has 0 fully saturated rings. The molecule has 7 nitrogen and oxygen atoms in total. The third-order valence-corrected chi connectivity index (χ3v) is 5.20. The number of halogens is 1. The second-order valence-electron chi connectivity index (χ2n) is 6.14. The second-order valence-corrected chi connectivity index (χ2v) is 7.57. The normalized spacial score (nSPS) is 11.9. The number of carbonyl (C=O) groups excluding carboxylic acids is 1. The van der Waals surface area contributed by atoms with Crippen LogP contribution in [0.4, 0.5) is 11.5 Å². The van der Waals surface area contributed by atoms with Crippen LogP contribution in [-0.2, 0) is 11.3 Å². The molecular formula is C20H17ClN4O3S. The average Bonchev–Trinajstić information content (AvgIpc) is 3.21. The zero-order chi connectivity index (χ0) is 20.1. The fraction of sp³-hybridized carbons (Fsp3) is 0.150. The molecule has 0 saturated heterocycles. The Morgan fingerprint density at radius 1 is 1.03 bits per heavy atom. The summed E-state index contributed by atoms with van der Waals surface area (Å²) in [6, 6.07) is 16.4. The standard InChI is InChI=1S/C20H17ClN4O3S/c21-14-2-4-15(5-3-14)23-19(26)11-29-20-8-7-18(24-25-20)22-10-13-1-6-16-17(9-13)28-12-27-16/h1-9H,10-12H2,(H,22,24)(H,23,26). The Labute approximate surface area is 176 Å². The van der Waals surface area contributed by atoms with Crippen molar-refractivity contribution in [3.8, 4) is 11.5 Å². The van der Waals surface area contributed by atoms with E-state index in [1.807, 2.05) is 30.3 Å². The molecule has 2 aromatic carbocycles. The lowest BCUT2D eigenvalue weighted by atomic mass is 10.2. The molecule has 2 heterocycles. The first kappa shape index (κ1) is 19.4. The number of fused-ring (bicyclic) bond motifs is 1. The van der Waals surface area contributed by atoms with Gasteiger partial charge in [0.2, 0.25) is 12.7 Å². The fourth-order valence-electron chi connectivity index (χ4n) is 2.60. The molecule has 0 aliphatic carbocycles. The number of ether oxygens (including phenoxy) is 2. The zero-order valence-electron chi connectivity index (χ0n) is 15.2. The van der Waals surface area contributed by atoms with Gasteiger partial charge in [-0.3, -0.25) is 4.79 Å². The van der Waals surface area contributed by atoms with Gasteiger partial charge in [-0.2, -0.15) is 0 Å². The molecule has 1 aliphatic heterocycles. The summed E-state index contributed by atoms with van der Waals surface area (Å²) >= 11 is 7.15. The van der Waals surface area contributed by atoms with Crippen molar-refractivity contribution in [2.45, 2.75) is 11.6 Å². The van der Waals surface area contributed by atoms with Crippen LogP contribution in [0.1, 0.15) is 5.56 Å². The number of thioether (sulfide) groups is 1. The number of benzene rings is 2. The number of aromatic nitrogens is 2. The van der Waals surface area contributed by atoms with Gasteiger partial charge >= 0.3 is 0 Å². The van der Waals surface area contributed by atoms with E-state index < -0.39 is 0 Å². The van der Waals surface area contributed by atoms with Crippen LogP contribution in [0.5, 0.6) is 11.5 Å². The average molecular weight is 429 g/mol. The van der Waals surface area contributed by atoms with E-state index in [1.54, 1.807) is 24.3 Å². The maximum atomic E-state index is 12.0. The molecule has 4 rings (SSSR count). The molecule has 1 aromatic heterocycles. The molecule has 3 aromatic rings. The van der Waals surface area contributed by atoms with Gasteiger partial charge in [-0.15, -0.1) is 10.2 Å². The summed E-state index contributed by atoms with van der Waals surface area (Å²) in [5, 5.41) is 15.6. The van der Waals surface area contributed by atoms with Crippen molar-refractivity contribution in [3.05, 3.63) is 65.2 Å². The topological polar surface area (TPSA) is 85.4 Å². The number of nitrogens with zero attached hydrogens (tertiary/aromatic N) is 2. The highest BCUT2D eigenvalue weighted by Gasteiger charge is 2.13. The lowest BCUT2D eigenvalue weighted by molar-refractivity contribution is -0.113. The van der Waals surface area contributed by atoms with Crippen LogP contribution in [0.3, 0.4) is 0 Å². The molecule has 2 N–H and O–H groups in total. The Hall–Kier alpha value is -2.97. The first-order valence-corrected chi connectivity index (χ1v) is 10.2. The number of carbonyl (C=O) groups is 1. The largest absolute Gasteiger partial charge is 0.454 e. The highest BCUT2D eigenvalue weighted by Crippen LogP contribution is 2.32. The number of hydrogen-bond donors (Lipinski definition) is 2. The van der Waals surface area contributed by atoms with Gasteiger partial charge in [-0.1, -0.05) is 29.4 Å². The minimum absolute atomic E-state index is 0.121. The maximum Gasteiger partial charge on any atom is 0.234 e. The van der Waals surface area contributed by atoms with Crippen LogP contribution in [-0.4, -0.2) is 28.7 Å². The van der Waals surface area contributed by atoms with Gasteiger partial charge in [0.1, 0.15) is 10.8 Å². The Kier molecular flexibility index (Phi) is 6.02. The SMILES string of the molecule is O=C(CSc1ccc(NCc2ccc3c(c2)OCO3)nn1)Nc1ccc(Cl)cc1. The molecule has 148 valence electrons. The summed E-state index contributed by atoms with van der Waals surface area (Å²) in [6.45, 7) is 0.843. The molecule has 29 heavy (non-hydrogen) atoms. The Bertz CT molecular complexity index is 1000. The highest BCUT2D eigenvalue weighted by molar-refractivity contribution is 7.99. The molecule has 0 bridgehead atoms. The Balaban J connectivity index is 1.24. The summed E-state index contributed by atoms with van der Waals surface area (Å²) in [5.74, 6) is 2.28. The number of rotatable bonds is 7. The third kappa shape index (κ3) is 5.30. The predicted octanol–water partition coefficient (Wildman–Crippen LogP) is 4.20. The summed E-state index contributed by atoms with van der Waals surface area (Å²) in [5.41, 5.74) is 1.75. The van der Waals surface area contributed by atoms with Crippen LogP contribution in [0, 0.1) is 0 Å². The quantitative estimate of drug-likeness (QED) is 0.545. The van der Waals surface area contributed by atoms with Gasteiger partial charge in [-0.25, -0.2) is 0 Å². The van der Waals surface area contributed by atoms with Crippen molar-refractivity contribution in [2.75, 3.05) is 23.2 Å². The van der Waals surface area contributed by atoms with E-state index in [4.69, 9.17) is 21.1 Å². The summed E-state index contributed by atoms with van der Waals surface area (Å²) in [7, 11) is 0. The third-order valence-electron chi connectivity index (χ3n) is 4.03. The van der Waals surface area contributed by atoms with Crippen LogP contribution in [0.2, 0.25) is 5.02 Å². The van der Waals surface area contributed by atoms with Crippen molar-refractivity contribution in [3.63, 3.8) is 0 Å². The van der Waals surface area contributed by atoms with Crippen molar-refractivity contribution in [2.24, 2.45) is 0 Å². The van der Waals surface area contributed by atoms with Crippen LogP contribution < -0.4 is 20.1 Å². The molecule has 0 atom stereocenters. The highest BCUT2D eigenvalue weighted by atomic mass is 35.5. The number of amides is 1. The van der Waals surface area contributed by atoms with Gasteiger partial charge in [-0.05, 0) is 54.1 Å². The molecule has 1 amide bonds. The molecule has 0 unspecified atom stereocenters. The predicted molar refractivity (Wildman–Crippen MR) is 113 cm³/mol. The monoisotopic (exact) mass is 428 g/mol. The van der Waals surface area contributed by atoms with Crippen molar-refractivity contribution < 1.29 is 14.3 Å². The summed E-state index contributed by atoms with van der Waals surface area (Å²) < 4.78 is 10.7. The van der Waals surface area contributed by atoms with Crippen LogP contribution in [0.25, 0.3) is 0 Å². The number of hydrogen-bond acceptors (Lipinski definition) is 7. The van der Waals surface area contributed by atoms with Crippen molar-refractivity contribution >= 4 is 40.8 Å². The lowest BCUT2D eigenvalue weighted by Crippen LogP contribution is -2.14. The van der Waals surface area contributed by atoms with E-state index in [2.05, 4.69) is 20.8 Å². The zero-order valence-corrected chi connectivity index (χ0v) is 16.8. The first-order valence-electron chi connectivity index (χ1n) is 8.80. The molecule has 0 radical (unpaired) electrons. The maximum absolute atomic E-state index is 12.0. The van der Waals surface area contributed by atoms with E-state index in [0.717, 1.165) is 17.1 Å². The molecule has 9 heteroatoms. The minimum Gasteiger partial charge on any atom is -0.454 e. The fourth-order valence-corrected chi connectivity index (χ4v) is 3.34. The van der Waals surface area contributed by atoms with Crippen LogP contribution >= 0.6 is 23.4 Å². The van der Waals surface area contributed by atoms with Gasteiger partial charge in [0, 0.05) is 17.3 Å². The van der Waals surface area contributed by atoms with Gasteiger partial charge < -0.3 is 20.1 Å². The molecule has 0 spiro atoms. The van der Waals surface area contributed by atoms with E-state index in [0.29, 0.717) is 28.1 Å². The molecular weight excluding hydrogens is 412 g/mol. The van der Waals surface area contributed by atoms with E-state index >= 15 is 0 Å². The van der Waals surface area contributed by atoms with E-state index in [1.165, 1.54) is 11.8 Å². The minimum atomic E-state index is -0.121. The second kappa shape index (κ2) is 9.02. The molecule has 1 aliphatic rings. The molecule has 0 saturated carbocycles. The Morgan fingerprint density at radius 2 is 1.86 bits per heavy atom. The van der Waals surface area contributed by atoms with E-state index in [9.17, 15) is 4.79 Å². The number of nitrogens with one attached hydrogen (secondary N) is 2.